The van der Waals surface area contributed by atoms with Crippen molar-refractivity contribution < 1.29 is 85.6 Å². The number of unbranched alkanes of at least 4 members (excludes halogenated alkanes) is 2. The Kier molecular flexibility index (Phi) is 40.6. The van der Waals surface area contributed by atoms with Crippen LogP contribution in [-0.4, -0.2) is 203 Å². The highest BCUT2D eigenvalue weighted by Gasteiger charge is 2.29. The molecule has 22 nitrogen and oxygen atoms in total. The second-order valence-electron chi connectivity index (χ2n) is 21.5. The lowest BCUT2D eigenvalue weighted by Gasteiger charge is -2.23. The van der Waals surface area contributed by atoms with Gasteiger partial charge in [-0.2, -0.15) is 0 Å². The molecule has 2 heterocycles. The van der Waals surface area contributed by atoms with Crippen LogP contribution in [0.4, 0.5) is 0 Å². The summed E-state index contributed by atoms with van der Waals surface area (Å²) in [7, 11) is 1.55. The number of ether oxygens (including phenoxy) is 12. The van der Waals surface area contributed by atoms with E-state index in [0.29, 0.717) is 172 Å². The number of methoxy groups -OCH3 is 1. The van der Waals surface area contributed by atoms with Crippen LogP contribution < -0.4 is 29.6 Å². The van der Waals surface area contributed by atoms with Gasteiger partial charge in [0.2, 0.25) is 11.8 Å². The van der Waals surface area contributed by atoms with Crippen molar-refractivity contribution in [2.45, 2.75) is 106 Å². The molecule has 2 aliphatic rings. The minimum Gasteiger partial charge on any atom is -0.493 e. The van der Waals surface area contributed by atoms with E-state index in [9.17, 15) is 28.8 Å². The van der Waals surface area contributed by atoms with Crippen LogP contribution in [0.3, 0.4) is 0 Å². The van der Waals surface area contributed by atoms with Gasteiger partial charge in [0.05, 0.1) is 139 Å². The lowest BCUT2D eigenvalue weighted by Crippen LogP contribution is -2.35. The smallest absolute Gasteiger partial charge is 0.258 e. The summed E-state index contributed by atoms with van der Waals surface area (Å²) in [5.41, 5.74) is 5.25. The van der Waals surface area contributed by atoms with Gasteiger partial charge < -0.3 is 72.4 Å². The highest BCUT2D eigenvalue weighted by molar-refractivity contribution is 6.13. The molecule has 0 bridgehead atoms. The zero-order valence-electron chi connectivity index (χ0n) is 54.8. The SMILES string of the molecule is C=CC(C)C/C(C)=C\C.C=CC1CC(C)=CN1C(=O)c1cc(OCCCNC(=O)CCOCCOCCOCCOCCOCCOCCOCCOCCNC(=O)CCN2C(=O)C=CC2=O)c(OCCCCCOc2cc(C)c(C(C)=O)cc2OC)cc1C. The Balaban J connectivity index is 0.00000217. The Hall–Kier alpha value is -6.76. The molecule has 0 saturated heterocycles. The molecule has 2 unspecified atom stereocenters. The van der Waals surface area contributed by atoms with Crippen LogP contribution in [0.1, 0.15) is 118 Å². The Morgan fingerprint density at radius 3 is 1.51 bits per heavy atom. The molecule has 502 valence electrons. The summed E-state index contributed by atoms with van der Waals surface area (Å²) in [5.74, 6) is 1.34. The Morgan fingerprint density at radius 2 is 1.02 bits per heavy atom. The van der Waals surface area contributed by atoms with Gasteiger partial charge in [-0.3, -0.25) is 33.7 Å². The van der Waals surface area contributed by atoms with Crippen LogP contribution in [0, 0.1) is 19.8 Å². The molecule has 0 radical (unpaired) electrons. The number of rotatable bonds is 50. The number of amides is 5. The van der Waals surface area contributed by atoms with Crippen molar-refractivity contribution in [3.63, 3.8) is 0 Å². The zero-order valence-corrected chi connectivity index (χ0v) is 54.8. The Labute approximate surface area is 533 Å². The second kappa shape index (κ2) is 47.2. The molecule has 2 N–H and O–H groups in total. The predicted octanol–water partition coefficient (Wildman–Crippen LogP) is 8.45. The number of nitrogens with one attached hydrogen (secondary N) is 2. The topological polar surface area (TPSA) is 244 Å². The summed E-state index contributed by atoms with van der Waals surface area (Å²) >= 11 is 0. The number of carbonyl (C=O) groups is 6. The molecule has 0 aromatic heterocycles. The first-order valence-electron chi connectivity index (χ1n) is 31.3. The van der Waals surface area contributed by atoms with Crippen LogP contribution in [-0.2, 0) is 57.1 Å². The van der Waals surface area contributed by atoms with Gasteiger partial charge in [0, 0.05) is 62.0 Å². The molecule has 2 atom stereocenters. The number of aryl methyl sites for hydroxylation is 2. The largest absolute Gasteiger partial charge is 0.493 e. The number of imide groups is 1. The van der Waals surface area contributed by atoms with Crippen molar-refractivity contribution >= 4 is 35.3 Å². The molecule has 0 fully saturated rings. The molecule has 2 aromatic carbocycles. The quantitative estimate of drug-likeness (QED) is 0.0273. The number of hydrogen-bond donors (Lipinski definition) is 2. The average Bonchev–Trinajstić information content (AvgIpc) is 1.41. The highest BCUT2D eigenvalue weighted by Crippen LogP contribution is 2.34. The third-order valence-corrected chi connectivity index (χ3v) is 14.0. The van der Waals surface area contributed by atoms with Gasteiger partial charge in [-0.15, -0.1) is 13.2 Å². The zero-order chi connectivity index (χ0) is 65.7. The summed E-state index contributed by atoms with van der Waals surface area (Å²) in [6.07, 6.45) is 15.2. The summed E-state index contributed by atoms with van der Waals surface area (Å²) in [4.78, 5) is 75.9. The third kappa shape index (κ3) is 32.3. The van der Waals surface area contributed by atoms with E-state index in [4.69, 9.17) is 56.8 Å². The summed E-state index contributed by atoms with van der Waals surface area (Å²) < 4.78 is 68.0. The summed E-state index contributed by atoms with van der Waals surface area (Å²) in [5, 5.41) is 5.59. The molecule has 2 aromatic rings. The molecule has 90 heavy (non-hydrogen) atoms. The fraction of sp³-hybridized carbons (Fsp3) is 0.588. The first-order chi connectivity index (χ1) is 43.5. The molecule has 22 heteroatoms. The van der Waals surface area contributed by atoms with Crippen molar-refractivity contribution in [2.24, 2.45) is 5.92 Å². The predicted molar refractivity (Wildman–Crippen MR) is 343 cm³/mol. The van der Waals surface area contributed by atoms with Crippen LogP contribution in [0.2, 0.25) is 0 Å². The summed E-state index contributed by atoms with van der Waals surface area (Å²) in [6.45, 7) is 29.5. The molecule has 5 amide bonds. The van der Waals surface area contributed by atoms with E-state index < -0.39 is 11.8 Å². The van der Waals surface area contributed by atoms with E-state index in [-0.39, 0.29) is 62.1 Å². The number of benzene rings is 2. The second-order valence-corrected chi connectivity index (χ2v) is 21.5. The van der Waals surface area contributed by atoms with E-state index in [1.807, 2.05) is 45.2 Å². The summed E-state index contributed by atoms with van der Waals surface area (Å²) in [6, 6.07) is 7.01. The number of hydrogen-bond acceptors (Lipinski definition) is 18. The number of carbonyl (C=O) groups excluding carboxylic acids is 6. The van der Waals surface area contributed by atoms with Crippen molar-refractivity contribution in [1.82, 2.24) is 20.4 Å². The van der Waals surface area contributed by atoms with Gasteiger partial charge in [0.25, 0.3) is 17.7 Å². The highest BCUT2D eigenvalue weighted by atomic mass is 16.6. The minimum absolute atomic E-state index is 0.0292. The van der Waals surface area contributed by atoms with Crippen LogP contribution in [0.5, 0.6) is 23.0 Å². The van der Waals surface area contributed by atoms with Crippen LogP contribution >= 0.6 is 0 Å². The van der Waals surface area contributed by atoms with Crippen LogP contribution in [0.25, 0.3) is 0 Å². The molecule has 2 aliphatic heterocycles. The number of allylic oxidation sites excluding steroid dienone is 3. The van der Waals surface area contributed by atoms with Gasteiger partial charge >= 0.3 is 0 Å². The average molecular weight is 1260 g/mol. The Morgan fingerprint density at radius 1 is 0.578 bits per heavy atom. The molecular formula is C68H102N4O18. The monoisotopic (exact) mass is 1260 g/mol. The van der Waals surface area contributed by atoms with Crippen molar-refractivity contribution in [1.29, 1.82) is 0 Å². The number of Topliss-reactive ketones (excluding diaryl/α,β-unsaturated/α-hetero) is 1. The van der Waals surface area contributed by atoms with Gasteiger partial charge in [-0.05, 0) is 121 Å². The van der Waals surface area contributed by atoms with E-state index in [1.165, 1.54) is 24.6 Å². The molecular weight excluding hydrogens is 1160 g/mol. The van der Waals surface area contributed by atoms with E-state index in [2.05, 4.69) is 50.6 Å². The van der Waals surface area contributed by atoms with E-state index in [0.717, 1.165) is 53.7 Å². The Bertz CT molecular complexity index is 2590. The van der Waals surface area contributed by atoms with Gasteiger partial charge in [0.1, 0.15) is 0 Å². The fourth-order valence-corrected chi connectivity index (χ4v) is 8.84. The third-order valence-electron chi connectivity index (χ3n) is 14.0. The van der Waals surface area contributed by atoms with E-state index >= 15 is 0 Å². The molecule has 0 spiro atoms. The maximum atomic E-state index is 13.8. The minimum atomic E-state index is -0.408. The van der Waals surface area contributed by atoms with Gasteiger partial charge in [-0.1, -0.05) is 36.3 Å². The molecule has 0 aliphatic carbocycles. The van der Waals surface area contributed by atoms with Crippen molar-refractivity contribution in [2.75, 3.05) is 152 Å². The van der Waals surface area contributed by atoms with Crippen molar-refractivity contribution in [3.05, 3.63) is 107 Å². The van der Waals surface area contributed by atoms with Gasteiger partial charge in [0.15, 0.2) is 28.8 Å². The maximum absolute atomic E-state index is 13.8. The lowest BCUT2D eigenvalue weighted by molar-refractivity contribution is -0.137. The first kappa shape index (κ1) is 77.5. The standard InChI is InChI=1S/C59H86N4O18.C9H16/c1-7-48-38-44(2)43-63(48)59(69)50-42-54(53(40-46(50)4)80-20-10-8-9-19-79-52-39-45(3)49(47(5)64)41-51(52)70-6)81-21-11-16-60-56(66)15-22-71-24-26-73-28-30-75-32-34-77-36-37-78-35-33-76-31-29-74-27-25-72-23-17-61-55(65)14-18-62-57(67)12-13-58(62)68;1-5-8(3)7-9(4)6-2/h7,12-13,39-43,48H,1,8-11,14-38H2,2-6H3,(H,60,66)(H,61,65);5-6,8H,1,7H2,2-4H3/b;9-6-. The maximum Gasteiger partial charge on any atom is 0.258 e. The normalized spacial score (nSPS) is 14.0. The van der Waals surface area contributed by atoms with Crippen molar-refractivity contribution in [3.8, 4) is 23.0 Å². The lowest BCUT2D eigenvalue weighted by atomic mass is 10.0. The number of nitrogens with zero attached hydrogens (tertiary/aromatic N) is 2. The van der Waals surface area contributed by atoms with Gasteiger partial charge in [-0.25, -0.2) is 0 Å². The fourth-order valence-electron chi connectivity index (χ4n) is 8.84. The molecule has 0 saturated carbocycles. The number of ketones is 1. The molecule has 4 rings (SSSR count). The first-order valence-corrected chi connectivity index (χ1v) is 31.3. The van der Waals surface area contributed by atoms with E-state index in [1.54, 1.807) is 30.2 Å². The van der Waals surface area contributed by atoms with Crippen LogP contribution in [0.15, 0.2) is 85.1 Å².